The summed E-state index contributed by atoms with van der Waals surface area (Å²) in [5.74, 6) is 1.26. The second-order valence-corrected chi connectivity index (χ2v) is 6.09. The van der Waals surface area contributed by atoms with Crippen LogP contribution >= 0.6 is 0 Å². The first-order chi connectivity index (χ1) is 11.4. The third-order valence-corrected chi connectivity index (χ3v) is 3.41. The van der Waals surface area contributed by atoms with E-state index < -0.39 is 0 Å². The maximum atomic E-state index is 5.92. The number of nitrogens with two attached hydrogens (primary N) is 1. The first-order valence-corrected chi connectivity index (χ1v) is 8.29. The molecule has 0 aliphatic heterocycles. The van der Waals surface area contributed by atoms with Gasteiger partial charge in [-0.1, -0.05) is 0 Å². The lowest BCUT2D eigenvalue weighted by Gasteiger charge is -2.11. The molecule has 0 fully saturated rings. The van der Waals surface area contributed by atoms with Crippen molar-refractivity contribution in [3.05, 3.63) is 41.7 Å². The molecule has 0 amide bonds. The predicted octanol–water partition coefficient (Wildman–Crippen LogP) is 3.10. The van der Waals surface area contributed by atoms with E-state index in [-0.39, 0.29) is 6.10 Å². The number of nitrogens with one attached hydrogen (secondary N) is 1. The molecule has 0 saturated carbocycles. The van der Waals surface area contributed by atoms with Crippen LogP contribution in [0.2, 0.25) is 0 Å². The monoisotopic (exact) mass is 329 g/mol. The Bertz CT molecular complexity index is 673. The molecule has 0 aliphatic rings. The molecule has 0 unspecified atom stereocenters. The van der Waals surface area contributed by atoms with E-state index in [2.05, 4.69) is 28.4 Å². The number of hydrogen-bond acceptors (Lipinski definition) is 3. The molecule has 2 rings (SSSR count). The molecule has 0 saturated heterocycles. The van der Waals surface area contributed by atoms with Crippen LogP contribution in [-0.2, 0) is 6.54 Å². The summed E-state index contributed by atoms with van der Waals surface area (Å²) in [7, 11) is 0. The van der Waals surface area contributed by atoms with Gasteiger partial charge in [0.1, 0.15) is 5.75 Å². The fourth-order valence-corrected chi connectivity index (χ4v) is 2.40. The summed E-state index contributed by atoms with van der Waals surface area (Å²) in [6, 6.07) is 9.76. The molecule has 0 aliphatic carbocycles. The zero-order valence-electron chi connectivity index (χ0n) is 14.9. The maximum Gasteiger partial charge on any atom is 0.193 e. The predicted molar refractivity (Wildman–Crippen MR) is 98.6 cm³/mol. The molecule has 24 heavy (non-hydrogen) atoms. The lowest BCUT2D eigenvalue weighted by molar-refractivity contribution is 0.242. The Hall–Kier alpha value is -2.50. The van der Waals surface area contributed by atoms with Crippen molar-refractivity contribution in [1.29, 1.82) is 0 Å². The largest absolute Gasteiger partial charge is 0.491 e. The van der Waals surface area contributed by atoms with Crippen molar-refractivity contribution >= 4 is 11.6 Å². The quantitative estimate of drug-likeness (QED) is 0.465. The number of aromatic nitrogens is 2. The number of hydrogen-bond donors (Lipinski definition) is 2. The average molecular weight is 329 g/mol. The van der Waals surface area contributed by atoms with Crippen LogP contribution in [0, 0.1) is 13.8 Å². The van der Waals surface area contributed by atoms with Crippen LogP contribution in [0.4, 0.5) is 5.69 Å². The van der Waals surface area contributed by atoms with Gasteiger partial charge in [0.25, 0.3) is 0 Å². The van der Waals surface area contributed by atoms with Gasteiger partial charge >= 0.3 is 0 Å². The van der Waals surface area contributed by atoms with Gasteiger partial charge in [-0.15, -0.1) is 0 Å². The van der Waals surface area contributed by atoms with Gasteiger partial charge in [0.05, 0.1) is 11.8 Å². The molecule has 0 bridgehead atoms. The van der Waals surface area contributed by atoms with E-state index in [4.69, 9.17) is 10.5 Å². The normalized spacial score (nSPS) is 11.8. The summed E-state index contributed by atoms with van der Waals surface area (Å²) in [5, 5.41) is 7.52. The smallest absolute Gasteiger partial charge is 0.193 e. The summed E-state index contributed by atoms with van der Waals surface area (Å²) in [6.07, 6.45) is 1.06. The number of anilines is 1. The van der Waals surface area contributed by atoms with E-state index in [1.165, 1.54) is 5.69 Å². The van der Waals surface area contributed by atoms with Crippen molar-refractivity contribution < 1.29 is 4.74 Å². The van der Waals surface area contributed by atoms with Gasteiger partial charge < -0.3 is 15.8 Å². The van der Waals surface area contributed by atoms with Gasteiger partial charge in [0.2, 0.25) is 0 Å². The zero-order chi connectivity index (χ0) is 17.5. The first kappa shape index (κ1) is 17.8. The summed E-state index contributed by atoms with van der Waals surface area (Å²) in [5.41, 5.74) is 9.03. The fourth-order valence-electron chi connectivity index (χ4n) is 2.40. The van der Waals surface area contributed by atoms with Gasteiger partial charge in [-0.2, -0.15) is 5.10 Å². The highest BCUT2D eigenvalue weighted by molar-refractivity contribution is 5.92. The van der Waals surface area contributed by atoms with E-state index >= 15 is 0 Å². The molecule has 130 valence electrons. The van der Waals surface area contributed by atoms with Crippen LogP contribution in [0.1, 0.15) is 31.7 Å². The van der Waals surface area contributed by atoms with Crippen molar-refractivity contribution in [2.24, 2.45) is 10.7 Å². The fraction of sp³-hybridized carbons (Fsp3) is 0.444. The molecular weight excluding hydrogens is 302 g/mol. The molecule has 1 heterocycles. The SMILES string of the molecule is Cc1cc(C)n(CCCN=C(N)Nc2ccc(OC(C)C)cc2)n1. The highest BCUT2D eigenvalue weighted by Gasteiger charge is 2.01. The standard InChI is InChI=1S/C18H27N5O/c1-13(2)24-17-8-6-16(7-9-17)21-18(19)20-10-5-11-23-15(4)12-14(3)22-23/h6-9,12-13H,5,10-11H2,1-4H3,(H3,19,20,21). The van der Waals surface area contributed by atoms with Crippen molar-refractivity contribution in [3.63, 3.8) is 0 Å². The minimum Gasteiger partial charge on any atom is -0.491 e. The number of rotatable bonds is 7. The Morgan fingerprint density at radius 3 is 2.58 bits per heavy atom. The molecule has 6 heteroatoms. The molecule has 0 atom stereocenters. The third kappa shape index (κ3) is 5.61. The number of nitrogens with zero attached hydrogens (tertiary/aromatic N) is 3. The Labute approximate surface area is 143 Å². The van der Waals surface area contributed by atoms with Crippen LogP contribution in [0.5, 0.6) is 5.75 Å². The minimum atomic E-state index is 0.164. The van der Waals surface area contributed by atoms with Gasteiger partial charge in [0.15, 0.2) is 5.96 Å². The van der Waals surface area contributed by atoms with E-state index in [0.29, 0.717) is 12.5 Å². The van der Waals surface area contributed by atoms with Gasteiger partial charge in [-0.25, -0.2) is 0 Å². The van der Waals surface area contributed by atoms with Crippen LogP contribution < -0.4 is 15.8 Å². The maximum absolute atomic E-state index is 5.92. The zero-order valence-corrected chi connectivity index (χ0v) is 14.9. The second-order valence-electron chi connectivity index (χ2n) is 6.09. The Balaban J connectivity index is 1.78. The first-order valence-electron chi connectivity index (χ1n) is 8.29. The lowest BCUT2D eigenvalue weighted by atomic mass is 10.3. The van der Waals surface area contributed by atoms with Crippen molar-refractivity contribution in [1.82, 2.24) is 9.78 Å². The molecule has 6 nitrogen and oxygen atoms in total. The molecule has 3 N–H and O–H groups in total. The molecule has 2 aromatic rings. The average Bonchev–Trinajstić information content (AvgIpc) is 2.83. The number of ether oxygens (including phenoxy) is 1. The van der Waals surface area contributed by atoms with Crippen molar-refractivity contribution in [2.75, 3.05) is 11.9 Å². The van der Waals surface area contributed by atoms with Crippen molar-refractivity contribution in [2.45, 2.75) is 46.8 Å². The van der Waals surface area contributed by atoms with E-state index in [1.807, 2.05) is 49.7 Å². The third-order valence-electron chi connectivity index (χ3n) is 3.41. The minimum absolute atomic E-state index is 0.164. The van der Waals surface area contributed by atoms with Gasteiger partial charge in [-0.05, 0) is 64.4 Å². The summed E-state index contributed by atoms with van der Waals surface area (Å²) >= 11 is 0. The van der Waals surface area contributed by atoms with E-state index in [9.17, 15) is 0 Å². The molecule has 1 aromatic heterocycles. The molecular formula is C18H27N5O. The summed E-state index contributed by atoms with van der Waals surface area (Å²) in [6.45, 7) is 9.57. The summed E-state index contributed by atoms with van der Waals surface area (Å²) in [4.78, 5) is 4.35. The Morgan fingerprint density at radius 1 is 1.29 bits per heavy atom. The van der Waals surface area contributed by atoms with Gasteiger partial charge in [0, 0.05) is 24.5 Å². The van der Waals surface area contributed by atoms with Crippen LogP contribution in [0.3, 0.4) is 0 Å². The van der Waals surface area contributed by atoms with Crippen LogP contribution in [0.25, 0.3) is 0 Å². The lowest BCUT2D eigenvalue weighted by Crippen LogP contribution is -2.23. The van der Waals surface area contributed by atoms with Gasteiger partial charge in [-0.3, -0.25) is 9.67 Å². The molecule has 1 aromatic carbocycles. The highest BCUT2D eigenvalue weighted by atomic mass is 16.5. The Morgan fingerprint density at radius 2 is 2.00 bits per heavy atom. The summed E-state index contributed by atoms with van der Waals surface area (Å²) < 4.78 is 7.61. The second kappa shape index (κ2) is 8.38. The number of aryl methyl sites for hydroxylation is 3. The highest BCUT2D eigenvalue weighted by Crippen LogP contribution is 2.16. The van der Waals surface area contributed by atoms with Crippen LogP contribution in [0.15, 0.2) is 35.3 Å². The molecule has 0 spiro atoms. The topological polar surface area (TPSA) is 77.5 Å². The van der Waals surface area contributed by atoms with E-state index in [1.54, 1.807) is 0 Å². The molecule has 0 radical (unpaired) electrons. The van der Waals surface area contributed by atoms with Crippen molar-refractivity contribution in [3.8, 4) is 5.75 Å². The number of aliphatic imine (C=N–C) groups is 1. The van der Waals surface area contributed by atoms with Crippen LogP contribution in [-0.4, -0.2) is 28.4 Å². The van der Waals surface area contributed by atoms with E-state index in [0.717, 1.165) is 30.1 Å². The Kier molecular flexibility index (Phi) is 6.23. The number of guanidine groups is 1. The number of benzene rings is 1.